The quantitative estimate of drug-likeness (QED) is 0.696. The summed E-state index contributed by atoms with van der Waals surface area (Å²) in [5.41, 5.74) is 12.1. The Hall–Kier alpha value is -1.12. The number of hydrogen-bond acceptors (Lipinski definition) is 2. The zero-order chi connectivity index (χ0) is 8.81. The normalized spacial score (nSPS) is 13.5. The molecule has 0 spiro atoms. The van der Waals surface area contributed by atoms with Crippen molar-refractivity contribution in [1.82, 2.24) is 0 Å². The first-order valence-electron chi connectivity index (χ1n) is 4.02. The average molecular weight is 162 g/mol. The molecular weight excluding hydrogens is 148 g/mol. The van der Waals surface area contributed by atoms with Gasteiger partial charge in [0.25, 0.3) is 0 Å². The monoisotopic (exact) mass is 162 g/mol. The summed E-state index contributed by atoms with van der Waals surface area (Å²) in [6, 6.07) is 9.99. The fourth-order valence-electron chi connectivity index (χ4n) is 0.877. The molecule has 12 heavy (non-hydrogen) atoms. The van der Waals surface area contributed by atoms with Gasteiger partial charge in [-0.1, -0.05) is 42.5 Å². The molecule has 0 saturated heterocycles. The Bertz CT molecular complexity index is 241. The maximum Gasteiger partial charge on any atom is 0.0352 e. The minimum absolute atomic E-state index is 0.0368. The molecule has 1 aromatic rings. The summed E-state index contributed by atoms with van der Waals surface area (Å²) in [4.78, 5) is 0. The summed E-state index contributed by atoms with van der Waals surface area (Å²) < 4.78 is 0. The maximum atomic E-state index is 5.61. The van der Waals surface area contributed by atoms with Crippen LogP contribution in [-0.4, -0.2) is 12.6 Å². The van der Waals surface area contributed by atoms with Crippen molar-refractivity contribution in [1.29, 1.82) is 0 Å². The average Bonchev–Trinajstić information content (AvgIpc) is 2.16. The highest BCUT2D eigenvalue weighted by molar-refractivity contribution is 5.49. The lowest BCUT2D eigenvalue weighted by atomic mass is 10.2. The van der Waals surface area contributed by atoms with Crippen LogP contribution in [0.4, 0.5) is 0 Å². The standard InChI is InChI=1S/C10H14N2/c11-8-10(12)7-6-9-4-2-1-3-5-9/h1-7,10H,8,11-12H2/b7-6+. The molecule has 0 bridgehead atoms. The third kappa shape index (κ3) is 2.86. The Morgan fingerprint density at radius 1 is 1.25 bits per heavy atom. The molecule has 0 heterocycles. The van der Waals surface area contributed by atoms with Gasteiger partial charge in [0.05, 0.1) is 0 Å². The van der Waals surface area contributed by atoms with E-state index in [9.17, 15) is 0 Å². The summed E-state index contributed by atoms with van der Waals surface area (Å²) in [6.07, 6.45) is 3.90. The van der Waals surface area contributed by atoms with Crippen LogP contribution in [0.2, 0.25) is 0 Å². The molecule has 2 heteroatoms. The Morgan fingerprint density at radius 3 is 2.50 bits per heavy atom. The van der Waals surface area contributed by atoms with Gasteiger partial charge < -0.3 is 11.5 Å². The first-order chi connectivity index (χ1) is 5.83. The number of rotatable bonds is 3. The van der Waals surface area contributed by atoms with Gasteiger partial charge in [-0.05, 0) is 5.56 Å². The summed E-state index contributed by atoms with van der Waals surface area (Å²) >= 11 is 0. The topological polar surface area (TPSA) is 52.0 Å². The summed E-state index contributed by atoms with van der Waals surface area (Å²) in [7, 11) is 0. The molecule has 64 valence electrons. The zero-order valence-electron chi connectivity index (χ0n) is 6.98. The number of benzene rings is 1. The SMILES string of the molecule is NCC(N)/C=C/c1ccccc1. The summed E-state index contributed by atoms with van der Waals surface area (Å²) in [5.74, 6) is 0. The van der Waals surface area contributed by atoms with Crippen LogP contribution in [0, 0.1) is 0 Å². The van der Waals surface area contributed by atoms with Crippen molar-refractivity contribution in [3.8, 4) is 0 Å². The van der Waals surface area contributed by atoms with Crippen LogP contribution in [-0.2, 0) is 0 Å². The van der Waals surface area contributed by atoms with E-state index in [1.807, 2.05) is 42.5 Å². The van der Waals surface area contributed by atoms with Gasteiger partial charge in [0, 0.05) is 12.6 Å². The predicted octanol–water partition coefficient (Wildman–Crippen LogP) is 0.986. The van der Waals surface area contributed by atoms with Crippen LogP contribution in [0.5, 0.6) is 0 Å². The van der Waals surface area contributed by atoms with E-state index in [1.54, 1.807) is 0 Å². The molecule has 0 amide bonds. The van der Waals surface area contributed by atoms with Gasteiger partial charge in [-0.3, -0.25) is 0 Å². The highest BCUT2D eigenvalue weighted by Gasteiger charge is 1.90. The van der Waals surface area contributed by atoms with E-state index in [-0.39, 0.29) is 6.04 Å². The van der Waals surface area contributed by atoms with Crippen molar-refractivity contribution in [2.75, 3.05) is 6.54 Å². The first-order valence-corrected chi connectivity index (χ1v) is 4.02. The molecular formula is C10H14N2. The fourth-order valence-corrected chi connectivity index (χ4v) is 0.877. The van der Waals surface area contributed by atoms with Crippen LogP contribution >= 0.6 is 0 Å². The van der Waals surface area contributed by atoms with Crippen molar-refractivity contribution in [2.24, 2.45) is 11.5 Å². The van der Waals surface area contributed by atoms with Gasteiger partial charge in [-0.15, -0.1) is 0 Å². The van der Waals surface area contributed by atoms with Crippen molar-refractivity contribution >= 4 is 6.08 Å². The highest BCUT2D eigenvalue weighted by atomic mass is 14.7. The summed E-state index contributed by atoms with van der Waals surface area (Å²) in [6.45, 7) is 0.489. The molecule has 1 rings (SSSR count). The largest absolute Gasteiger partial charge is 0.329 e. The van der Waals surface area contributed by atoms with Crippen molar-refractivity contribution in [3.63, 3.8) is 0 Å². The molecule has 0 saturated carbocycles. The van der Waals surface area contributed by atoms with Gasteiger partial charge in [0.1, 0.15) is 0 Å². The van der Waals surface area contributed by atoms with Gasteiger partial charge in [0.15, 0.2) is 0 Å². The van der Waals surface area contributed by atoms with Gasteiger partial charge in [-0.2, -0.15) is 0 Å². The van der Waals surface area contributed by atoms with Gasteiger partial charge in [0.2, 0.25) is 0 Å². The molecule has 4 N–H and O–H groups in total. The lowest BCUT2D eigenvalue weighted by molar-refractivity contribution is 0.827. The van der Waals surface area contributed by atoms with Crippen LogP contribution < -0.4 is 11.5 Å². The first kappa shape index (κ1) is 8.97. The van der Waals surface area contributed by atoms with E-state index in [1.165, 1.54) is 0 Å². The molecule has 0 fully saturated rings. The third-order valence-electron chi connectivity index (χ3n) is 1.61. The van der Waals surface area contributed by atoms with Crippen molar-refractivity contribution in [3.05, 3.63) is 42.0 Å². The molecule has 1 aromatic carbocycles. The lowest BCUT2D eigenvalue weighted by Gasteiger charge is -1.99. The van der Waals surface area contributed by atoms with E-state index < -0.39 is 0 Å². The van der Waals surface area contributed by atoms with Crippen LogP contribution in [0.15, 0.2) is 36.4 Å². The number of hydrogen-bond donors (Lipinski definition) is 2. The van der Waals surface area contributed by atoms with Crippen molar-refractivity contribution in [2.45, 2.75) is 6.04 Å². The molecule has 0 aliphatic carbocycles. The van der Waals surface area contributed by atoms with E-state index in [2.05, 4.69) is 0 Å². The van der Waals surface area contributed by atoms with E-state index in [4.69, 9.17) is 11.5 Å². The zero-order valence-corrected chi connectivity index (χ0v) is 6.98. The van der Waals surface area contributed by atoms with Crippen LogP contribution in [0.3, 0.4) is 0 Å². The Labute approximate surface area is 72.9 Å². The minimum atomic E-state index is -0.0368. The number of nitrogens with two attached hydrogens (primary N) is 2. The van der Waals surface area contributed by atoms with Gasteiger partial charge >= 0.3 is 0 Å². The van der Waals surface area contributed by atoms with Crippen LogP contribution in [0.1, 0.15) is 5.56 Å². The van der Waals surface area contributed by atoms with Crippen LogP contribution in [0.25, 0.3) is 6.08 Å². The van der Waals surface area contributed by atoms with E-state index in [0.717, 1.165) is 5.56 Å². The molecule has 0 aromatic heterocycles. The Morgan fingerprint density at radius 2 is 1.92 bits per heavy atom. The highest BCUT2D eigenvalue weighted by Crippen LogP contribution is 2.00. The van der Waals surface area contributed by atoms with Crippen molar-refractivity contribution < 1.29 is 0 Å². The molecule has 1 unspecified atom stereocenters. The Balaban J connectivity index is 2.58. The second-order valence-electron chi connectivity index (χ2n) is 2.67. The second kappa shape index (κ2) is 4.70. The van der Waals surface area contributed by atoms with E-state index in [0.29, 0.717) is 6.54 Å². The fraction of sp³-hybridized carbons (Fsp3) is 0.200. The lowest BCUT2D eigenvalue weighted by Crippen LogP contribution is -2.26. The smallest absolute Gasteiger partial charge is 0.0352 e. The maximum absolute atomic E-state index is 5.61. The third-order valence-corrected chi connectivity index (χ3v) is 1.61. The van der Waals surface area contributed by atoms with Gasteiger partial charge in [-0.25, -0.2) is 0 Å². The molecule has 2 nitrogen and oxygen atoms in total. The van der Waals surface area contributed by atoms with E-state index >= 15 is 0 Å². The Kier molecular flexibility index (Phi) is 3.51. The predicted molar refractivity (Wildman–Crippen MR) is 52.5 cm³/mol. The summed E-state index contributed by atoms with van der Waals surface area (Å²) in [5, 5.41) is 0. The minimum Gasteiger partial charge on any atom is -0.329 e. The second-order valence-corrected chi connectivity index (χ2v) is 2.67. The molecule has 0 radical (unpaired) electrons. The molecule has 0 aliphatic heterocycles. The molecule has 1 atom stereocenters. The molecule has 0 aliphatic rings.